The van der Waals surface area contributed by atoms with Gasteiger partial charge in [-0.15, -0.1) is 0 Å². The molecule has 1 unspecified atom stereocenters. The summed E-state index contributed by atoms with van der Waals surface area (Å²) >= 11 is 0. The van der Waals surface area contributed by atoms with Gasteiger partial charge in [-0.1, -0.05) is 66.7 Å². The molecule has 0 saturated carbocycles. The van der Waals surface area contributed by atoms with Crippen LogP contribution in [0, 0.1) is 0 Å². The Morgan fingerprint density at radius 3 is 2.30 bits per heavy atom. The Labute approximate surface area is 119 Å². The Bertz CT molecular complexity index is 604. The first kappa shape index (κ1) is 12.7. The van der Waals surface area contributed by atoms with E-state index in [1.165, 1.54) is 11.1 Å². The monoisotopic (exact) mass is 263 g/mol. The zero-order valence-electron chi connectivity index (χ0n) is 11.3. The van der Waals surface area contributed by atoms with E-state index in [9.17, 15) is 4.79 Å². The summed E-state index contributed by atoms with van der Waals surface area (Å²) in [5.74, 6) is 0. The molecule has 0 saturated heterocycles. The van der Waals surface area contributed by atoms with Gasteiger partial charge in [0.1, 0.15) is 0 Å². The Morgan fingerprint density at radius 1 is 1.00 bits per heavy atom. The lowest BCUT2D eigenvalue weighted by molar-refractivity contribution is -0.106. The summed E-state index contributed by atoms with van der Waals surface area (Å²) in [6.45, 7) is 0.769. The molecule has 3 rings (SSSR count). The van der Waals surface area contributed by atoms with E-state index < -0.39 is 0 Å². The molecule has 2 nitrogen and oxygen atoms in total. The van der Waals surface area contributed by atoms with E-state index in [4.69, 9.17) is 0 Å². The fourth-order valence-corrected chi connectivity index (χ4v) is 2.75. The van der Waals surface area contributed by atoms with Crippen LogP contribution in [0.2, 0.25) is 0 Å². The molecule has 1 aliphatic heterocycles. The van der Waals surface area contributed by atoms with Crippen LogP contribution < -0.4 is 0 Å². The molecular weight excluding hydrogens is 246 g/mol. The molecule has 0 radical (unpaired) electrons. The molecule has 0 spiro atoms. The van der Waals surface area contributed by atoms with Gasteiger partial charge in [0.05, 0.1) is 11.7 Å². The zero-order chi connectivity index (χ0) is 13.8. The fourth-order valence-electron chi connectivity index (χ4n) is 2.75. The van der Waals surface area contributed by atoms with Crippen LogP contribution in [0.3, 0.4) is 0 Å². The van der Waals surface area contributed by atoms with Gasteiger partial charge in [0.2, 0.25) is 0 Å². The summed E-state index contributed by atoms with van der Waals surface area (Å²) < 4.78 is 0. The number of hydrogen-bond acceptors (Lipinski definition) is 2. The molecule has 0 fully saturated rings. The van der Waals surface area contributed by atoms with Crippen LogP contribution >= 0.6 is 0 Å². The summed E-state index contributed by atoms with van der Waals surface area (Å²) in [5.41, 5.74) is 3.28. The maximum Gasteiger partial charge on any atom is 0.165 e. The van der Waals surface area contributed by atoms with Gasteiger partial charge in [0.25, 0.3) is 0 Å². The Balaban J connectivity index is 1.87. The maximum atomic E-state index is 11.3. The molecule has 0 bridgehead atoms. The maximum absolute atomic E-state index is 11.3. The van der Waals surface area contributed by atoms with E-state index in [0.29, 0.717) is 0 Å². The summed E-state index contributed by atoms with van der Waals surface area (Å²) in [6.07, 6.45) is 3.89. The van der Waals surface area contributed by atoms with Gasteiger partial charge >= 0.3 is 0 Å². The molecule has 1 heterocycles. The smallest absolute Gasteiger partial charge is 0.165 e. The third-order valence-corrected chi connectivity index (χ3v) is 3.76. The second-order valence-electron chi connectivity index (χ2n) is 5.02. The van der Waals surface area contributed by atoms with Gasteiger partial charge in [-0.05, 0) is 17.5 Å². The van der Waals surface area contributed by atoms with E-state index in [1.807, 2.05) is 30.3 Å². The number of carbonyl (C=O) groups is 1. The summed E-state index contributed by atoms with van der Waals surface area (Å²) in [5, 5.41) is 0. The molecule has 0 N–H and O–H groups in total. The van der Waals surface area contributed by atoms with Crippen molar-refractivity contribution in [3.63, 3.8) is 0 Å². The number of nitrogens with zero attached hydrogens (tertiary/aromatic N) is 1. The van der Waals surface area contributed by atoms with Crippen LogP contribution in [0.15, 0.2) is 72.4 Å². The number of hydrogen-bond donors (Lipinski definition) is 0. The fraction of sp³-hybridized carbons (Fsp3) is 0.167. The third-order valence-electron chi connectivity index (χ3n) is 3.76. The quantitative estimate of drug-likeness (QED) is 0.784. The van der Waals surface area contributed by atoms with Crippen molar-refractivity contribution >= 4 is 6.29 Å². The number of benzene rings is 2. The highest BCUT2D eigenvalue weighted by Crippen LogP contribution is 2.34. The molecule has 2 aromatic rings. The summed E-state index contributed by atoms with van der Waals surface area (Å²) in [6, 6.07) is 20.9. The molecule has 1 atom stereocenters. The van der Waals surface area contributed by atoms with Gasteiger partial charge in [-0.3, -0.25) is 4.79 Å². The van der Waals surface area contributed by atoms with Gasteiger partial charge in [-0.25, -0.2) is 0 Å². The standard InChI is InChI=1S/C18H17NO/c20-14-17-11-12-18(16-9-5-2-6-10-16)19(17)13-15-7-3-1-4-8-15/h1-11,14,18H,12-13H2. The van der Waals surface area contributed by atoms with E-state index in [-0.39, 0.29) is 6.04 Å². The highest BCUT2D eigenvalue weighted by molar-refractivity contribution is 5.73. The predicted molar refractivity (Wildman–Crippen MR) is 79.9 cm³/mol. The lowest BCUT2D eigenvalue weighted by Gasteiger charge is -2.28. The molecule has 2 heteroatoms. The number of aldehydes is 1. The van der Waals surface area contributed by atoms with Crippen LogP contribution in [0.25, 0.3) is 0 Å². The normalized spacial score (nSPS) is 17.9. The lowest BCUT2D eigenvalue weighted by atomic mass is 10.0. The van der Waals surface area contributed by atoms with Crippen LogP contribution in [-0.2, 0) is 11.3 Å². The highest BCUT2D eigenvalue weighted by atomic mass is 16.1. The van der Waals surface area contributed by atoms with Crippen LogP contribution in [0.4, 0.5) is 0 Å². The summed E-state index contributed by atoms with van der Waals surface area (Å²) in [7, 11) is 0. The van der Waals surface area contributed by atoms with E-state index >= 15 is 0 Å². The van der Waals surface area contributed by atoms with E-state index in [1.54, 1.807) is 0 Å². The second kappa shape index (κ2) is 5.74. The third kappa shape index (κ3) is 2.50. The van der Waals surface area contributed by atoms with Crippen LogP contribution in [-0.4, -0.2) is 11.2 Å². The van der Waals surface area contributed by atoms with Gasteiger partial charge in [0.15, 0.2) is 6.29 Å². The number of allylic oxidation sites excluding steroid dienone is 1. The van der Waals surface area contributed by atoms with Crippen molar-refractivity contribution in [1.29, 1.82) is 0 Å². The summed E-state index contributed by atoms with van der Waals surface area (Å²) in [4.78, 5) is 13.5. The minimum Gasteiger partial charge on any atom is -0.357 e. The molecular formula is C18H17NO. The average molecular weight is 263 g/mol. The van der Waals surface area contributed by atoms with Gasteiger partial charge in [0, 0.05) is 6.54 Å². The first-order valence-electron chi connectivity index (χ1n) is 6.89. The van der Waals surface area contributed by atoms with Crippen molar-refractivity contribution < 1.29 is 4.79 Å². The molecule has 20 heavy (non-hydrogen) atoms. The van der Waals surface area contributed by atoms with E-state index in [0.717, 1.165) is 24.9 Å². The Hall–Kier alpha value is -2.35. The van der Waals surface area contributed by atoms with Crippen molar-refractivity contribution in [1.82, 2.24) is 4.90 Å². The number of carbonyl (C=O) groups excluding carboxylic acids is 1. The lowest BCUT2D eigenvalue weighted by Crippen LogP contribution is -2.24. The Kier molecular flexibility index (Phi) is 3.64. The Morgan fingerprint density at radius 2 is 1.65 bits per heavy atom. The molecule has 0 aromatic heterocycles. The van der Waals surface area contributed by atoms with Gasteiger partial charge < -0.3 is 4.90 Å². The molecule has 1 aliphatic rings. The zero-order valence-corrected chi connectivity index (χ0v) is 11.3. The van der Waals surface area contributed by atoms with Crippen molar-refractivity contribution in [3.8, 4) is 0 Å². The van der Waals surface area contributed by atoms with Crippen LogP contribution in [0.1, 0.15) is 23.6 Å². The van der Waals surface area contributed by atoms with Crippen molar-refractivity contribution in [2.45, 2.75) is 19.0 Å². The van der Waals surface area contributed by atoms with E-state index in [2.05, 4.69) is 41.3 Å². The molecule has 0 aliphatic carbocycles. The van der Waals surface area contributed by atoms with Crippen molar-refractivity contribution in [2.75, 3.05) is 0 Å². The number of rotatable bonds is 4. The average Bonchev–Trinajstić information content (AvgIpc) is 2.92. The SMILES string of the molecule is O=CC1=CCC(c2ccccc2)N1Cc1ccccc1. The topological polar surface area (TPSA) is 20.3 Å². The van der Waals surface area contributed by atoms with Crippen LogP contribution in [0.5, 0.6) is 0 Å². The molecule has 0 amide bonds. The highest BCUT2D eigenvalue weighted by Gasteiger charge is 2.26. The molecule has 100 valence electrons. The van der Waals surface area contributed by atoms with Crippen molar-refractivity contribution in [2.24, 2.45) is 0 Å². The largest absolute Gasteiger partial charge is 0.357 e. The minimum atomic E-state index is 0.261. The first-order chi connectivity index (χ1) is 9.88. The second-order valence-corrected chi connectivity index (χ2v) is 5.02. The minimum absolute atomic E-state index is 0.261. The molecule has 2 aromatic carbocycles. The van der Waals surface area contributed by atoms with Gasteiger partial charge in [-0.2, -0.15) is 0 Å². The first-order valence-corrected chi connectivity index (χ1v) is 6.89. The predicted octanol–water partition coefficient (Wildman–Crippen LogP) is 3.72. The van der Waals surface area contributed by atoms with Crippen molar-refractivity contribution in [3.05, 3.63) is 83.6 Å².